The van der Waals surface area contributed by atoms with Gasteiger partial charge in [0.1, 0.15) is 19.0 Å². The van der Waals surface area contributed by atoms with Crippen LogP contribution in [-0.4, -0.2) is 32.6 Å². The number of rotatable bonds is 4. The molecule has 21 heavy (non-hydrogen) atoms. The summed E-state index contributed by atoms with van der Waals surface area (Å²) >= 11 is 0. The molecule has 2 rings (SSSR count). The topological polar surface area (TPSA) is 80.0 Å². The molecule has 0 spiro atoms. The maximum Gasteiger partial charge on any atom is 0.242 e. The zero-order chi connectivity index (χ0) is 15.1. The summed E-state index contributed by atoms with van der Waals surface area (Å²) in [7, 11) is 0. The van der Waals surface area contributed by atoms with E-state index in [0.717, 1.165) is 0 Å². The summed E-state index contributed by atoms with van der Waals surface area (Å²) in [6.45, 7) is -0.193. The van der Waals surface area contributed by atoms with Gasteiger partial charge in [-0.2, -0.15) is 0 Å². The van der Waals surface area contributed by atoms with Crippen molar-refractivity contribution >= 4 is 5.91 Å². The number of carbonyl (C=O) groups is 1. The number of aliphatic hydroxyl groups excluding tert-OH is 1. The molecule has 0 atom stereocenters. The lowest BCUT2D eigenvalue weighted by Crippen LogP contribution is -2.27. The van der Waals surface area contributed by atoms with Crippen molar-refractivity contribution < 1.29 is 14.3 Å². The number of halogens is 1. The van der Waals surface area contributed by atoms with E-state index in [1.54, 1.807) is 6.20 Å². The predicted molar refractivity (Wildman–Crippen MR) is 72.2 cm³/mol. The molecule has 0 fully saturated rings. The maximum absolute atomic E-state index is 13.6. The van der Waals surface area contributed by atoms with E-state index in [4.69, 9.17) is 5.11 Å². The van der Waals surface area contributed by atoms with Gasteiger partial charge in [0.15, 0.2) is 0 Å². The number of nitrogens with zero attached hydrogens (tertiary/aromatic N) is 3. The zero-order valence-corrected chi connectivity index (χ0v) is 11.1. The van der Waals surface area contributed by atoms with Crippen LogP contribution in [0.15, 0.2) is 30.6 Å². The number of aliphatic hydroxyl groups is 1. The SMILES string of the molecule is O=C(Cn1ccnn1)NCc1cc(C#CCO)ccc1F. The third kappa shape index (κ3) is 4.40. The number of aromatic nitrogens is 3. The van der Waals surface area contributed by atoms with Gasteiger partial charge in [0, 0.05) is 23.9 Å². The van der Waals surface area contributed by atoms with Gasteiger partial charge in [-0.05, 0) is 18.2 Å². The average molecular weight is 288 g/mol. The largest absolute Gasteiger partial charge is 0.384 e. The van der Waals surface area contributed by atoms with Gasteiger partial charge in [0.05, 0.1) is 6.20 Å². The molecule has 2 N–H and O–H groups in total. The summed E-state index contributed by atoms with van der Waals surface area (Å²) in [6, 6.07) is 4.33. The van der Waals surface area contributed by atoms with Crippen LogP contribution in [0.4, 0.5) is 4.39 Å². The van der Waals surface area contributed by atoms with Gasteiger partial charge in [0.2, 0.25) is 5.91 Å². The molecule has 1 aromatic carbocycles. The van der Waals surface area contributed by atoms with Crippen LogP contribution in [0.5, 0.6) is 0 Å². The van der Waals surface area contributed by atoms with Crippen molar-refractivity contribution in [3.63, 3.8) is 0 Å². The van der Waals surface area contributed by atoms with E-state index in [1.165, 1.54) is 29.1 Å². The quantitative estimate of drug-likeness (QED) is 0.781. The van der Waals surface area contributed by atoms with Gasteiger partial charge in [-0.25, -0.2) is 9.07 Å². The van der Waals surface area contributed by atoms with E-state index in [2.05, 4.69) is 27.5 Å². The summed E-state index contributed by atoms with van der Waals surface area (Å²) in [6.07, 6.45) is 3.03. The van der Waals surface area contributed by atoms with E-state index in [9.17, 15) is 9.18 Å². The third-order valence-electron chi connectivity index (χ3n) is 2.61. The normalized spacial score (nSPS) is 9.81. The number of carbonyl (C=O) groups excluding carboxylic acids is 1. The van der Waals surface area contributed by atoms with Crippen molar-refractivity contribution in [2.45, 2.75) is 13.1 Å². The van der Waals surface area contributed by atoms with E-state index < -0.39 is 5.82 Å². The Morgan fingerprint density at radius 3 is 3.05 bits per heavy atom. The van der Waals surface area contributed by atoms with Crippen LogP contribution in [0, 0.1) is 17.7 Å². The first-order chi connectivity index (χ1) is 10.2. The summed E-state index contributed by atoms with van der Waals surface area (Å²) < 4.78 is 15.0. The summed E-state index contributed by atoms with van der Waals surface area (Å²) in [5.41, 5.74) is 0.901. The average Bonchev–Trinajstić information content (AvgIpc) is 2.98. The van der Waals surface area contributed by atoms with Crippen molar-refractivity contribution in [1.29, 1.82) is 0 Å². The minimum atomic E-state index is -0.425. The lowest BCUT2D eigenvalue weighted by atomic mass is 10.1. The van der Waals surface area contributed by atoms with Crippen LogP contribution in [0.25, 0.3) is 0 Å². The second kappa shape index (κ2) is 7.17. The van der Waals surface area contributed by atoms with E-state index in [1.807, 2.05) is 0 Å². The minimum absolute atomic E-state index is 0.0195. The Bertz CT molecular complexity index is 674. The second-order valence-corrected chi connectivity index (χ2v) is 4.14. The molecular formula is C14H13FN4O2. The fraction of sp³-hybridized carbons (Fsp3) is 0.214. The Hall–Kier alpha value is -2.72. The van der Waals surface area contributed by atoms with Crippen LogP contribution < -0.4 is 5.32 Å². The van der Waals surface area contributed by atoms with E-state index in [0.29, 0.717) is 11.1 Å². The standard InChI is InChI=1S/C14H13FN4O2/c15-13-4-3-11(2-1-7-20)8-12(13)9-16-14(21)10-19-6-5-17-18-19/h3-6,8,20H,7,9-10H2,(H,16,21). The number of benzene rings is 1. The molecule has 0 saturated heterocycles. The zero-order valence-electron chi connectivity index (χ0n) is 11.1. The van der Waals surface area contributed by atoms with Crippen molar-refractivity contribution in [2.24, 2.45) is 0 Å². The Balaban J connectivity index is 1.97. The molecule has 0 radical (unpaired) electrons. The molecule has 108 valence electrons. The van der Waals surface area contributed by atoms with Gasteiger partial charge in [0.25, 0.3) is 0 Å². The number of nitrogens with one attached hydrogen (secondary N) is 1. The fourth-order valence-electron chi connectivity index (χ4n) is 1.64. The number of hydrogen-bond acceptors (Lipinski definition) is 4. The highest BCUT2D eigenvalue weighted by molar-refractivity contribution is 5.75. The van der Waals surface area contributed by atoms with Gasteiger partial charge in [-0.15, -0.1) is 5.10 Å². The van der Waals surface area contributed by atoms with Crippen LogP contribution >= 0.6 is 0 Å². The maximum atomic E-state index is 13.6. The fourth-order valence-corrected chi connectivity index (χ4v) is 1.64. The first-order valence-corrected chi connectivity index (χ1v) is 6.18. The first-order valence-electron chi connectivity index (χ1n) is 6.18. The highest BCUT2D eigenvalue weighted by Crippen LogP contribution is 2.09. The molecule has 0 aliphatic carbocycles. The number of hydrogen-bond donors (Lipinski definition) is 2. The van der Waals surface area contributed by atoms with Gasteiger partial charge >= 0.3 is 0 Å². The first kappa shape index (κ1) is 14.7. The Morgan fingerprint density at radius 2 is 2.33 bits per heavy atom. The molecule has 0 aliphatic heterocycles. The molecule has 2 aromatic rings. The molecule has 0 unspecified atom stereocenters. The highest BCUT2D eigenvalue weighted by Gasteiger charge is 2.07. The Labute approximate surface area is 120 Å². The smallest absolute Gasteiger partial charge is 0.242 e. The molecule has 1 amide bonds. The second-order valence-electron chi connectivity index (χ2n) is 4.14. The lowest BCUT2D eigenvalue weighted by molar-refractivity contribution is -0.122. The van der Waals surface area contributed by atoms with Crippen molar-refractivity contribution in [2.75, 3.05) is 6.61 Å². The molecule has 0 saturated carbocycles. The van der Waals surface area contributed by atoms with Gasteiger partial charge in [-0.1, -0.05) is 17.1 Å². The third-order valence-corrected chi connectivity index (χ3v) is 2.61. The minimum Gasteiger partial charge on any atom is -0.384 e. The van der Waals surface area contributed by atoms with Crippen LogP contribution in [0.3, 0.4) is 0 Å². The lowest BCUT2D eigenvalue weighted by Gasteiger charge is -2.07. The Morgan fingerprint density at radius 1 is 1.48 bits per heavy atom. The van der Waals surface area contributed by atoms with Crippen LogP contribution in [-0.2, 0) is 17.9 Å². The van der Waals surface area contributed by atoms with Crippen molar-refractivity contribution in [3.05, 3.63) is 47.5 Å². The van der Waals surface area contributed by atoms with Crippen LogP contribution in [0.1, 0.15) is 11.1 Å². The van der Waals surface area contributed by atoms with Crippen molar-refractivity contribution in [3.8, 4) is 11.8 Å². The molecular weight excluding hydrogens is 275 g/mol. The van der Waals surface area contributed by atoms with Crippen molar-refractivity contribution in [1.82, 2.24) is 20.3 Å². The summed E-state index contributed by atoms with van der Waals surface area (Å²) in [5, 5.41) is 18.5. The van der Waals surface area contributed by atoms with Crippen LogP contribution in [0.2, 0.25) is 0 Å². The molecule has 0 bridgehead atoms. The molecule has 1 aromatic heterocycles. The van der Waals surface area contributed by atoms with Gasteiger partial charge in [-0.3, -0.25) is 4.79 Å². The summed E-state index contributed by atoms with van der Waals surface area (Å²) in [4.78, 5) is 11.7. The monoisotopic (exact) mass is 288 g/mol. The summed E-state index contributed by atoms with van der Waals surface area (Å²) in [5.74, 6) is 4.44. The molecule has 6 nitrogen and oxygen atoms in total. The molecule has 7 heteroatoms. The predicted octanol–water partition coefficient (Wildman–Crippen LogP) is 0.0774. The molecule has 0 aliphatic rings. The highest BCUT2D eigenvalue weighted by atomic mass is 19.1. The molecule has 1 heterocycles. The van der Waals surface area contributed by atoms with Gasteiger partial charge < -0.3 is 10.4 Å². The number of amides is 1. The van der Waals surface area contributed by atoms with E-state index in [-0.39, 0.29) is 25.6 Å². The van der Waals surface area contributed by atoms with E-state index >= 15 is 0 Å². The Kier molecular flexibility index (Phi) is 5.01.